The lowest BCUT2D eigenvalue weighted by atomic mass is 9.82. The van der Waals surface area contributed by atoms with Gasteiger partial charge in [0.05, 0.1) is 7.11 Å². The van der Waals surface area contributed by atoms with E-state index in [1.807, 2.05) is 0 Å². The first-order valence-corrected chi connectivity index (χ1v) is 5.35. The van der Waals surface area contributed by atoms with E-state index in [-0.39, 0.29) is 11.4 Å². The van der Waals surface area contributed by atoms with Gasteiger partial charge in [-0.3, -0.25) is 4.90 Å². The minimum atomic E-state index is -0.183. The van der Waals surface area contributed by atoms with Crippen LogP contribution in [0.15, 0.2) is 11.6 Å². The van der Waals surface area contributed by atoms with Crippen LogP contribution in [0.25, 0.3) is 0 Å². The van der Waals surface area contributed by atoms with Gasteiger partial charge in [-0.25, -0.2) is 4.79 Å². The Balaban J connectivity index is 2.90. The molecule has 0 N–H and O–H groups in total. The highest BCUT2D eigenvalue weighted by molar-refractivity contribution is 5.88. The predicted molar refractivity (Wildman–Crippen MR) is 60.6 cm³/mol. The van der Waals surface area contributed by atoms with Crippen molar-refractivity contribution in [2.45, 2.75) is 33.2 Å². The average Bonchev–Trinajstić information content (AvgIpc) is 2.15. The standard InChI is InChI=1S/C12H21NO2/c1-12(2,3)10-8-9(11(14)15-5)6-7-13(10)4/h8,10H,6-7H2,1-5H3. The van der Waals surface area contributed by atoms with E-state index in [0.717, 1.165) is 18.5 Å². The maximum atomic E-state index is 11.4. The molecule has 1 atom stereocenters. The SMILES string of the molecule is COC(=O)C1=CC(C(C)(C)C)N(C)CC1. The summed E-state index contributed by atoms with van der Waals surface area (Å²) >= 11 is 0. The summed E-state index contributed by atoms with van der Waals surface area (Å²) in [6, 6.07) is 0.306. The van der Waals surface area contributed by atoms with Gasteiger partial charge in [-0.05, 0) is 18.9 Å². The van der Waals surface area contributed by atoms with Gasteiger partial charge >= 0.3 is 5.97 Å². The van der Waals surface area contributed by atoms with Crippen molar-refractivity contribution in [3.63, 3.8) is 0 Å². The van der Waals surface area contributed by atoms with Gasteiger partial charge in [-0.2, -0.15) is 0 Å². The third kappa shape index (κ3) is 2.81. The van der Waals surface area contributed by atoms with E-state index >= 15 is 0 Å². The molecule has 1 rings (SSSR count). The summed E-state index contributed by atoms with van der Waals surface area (Å²) in [4.78, 5) is 13.7. The summed E-state index contributed by atoms with van der Waals surface area (Å²) in [6.07, 6.45) is 2.84. The van der Waals surface area contributed by atoms with E-state index in [9.17, 15) is 4.79 Å². The molecule has 0 aromatic heterocycles. The van der Waals surface area contributed by atoms with Crippen molar-refractivity contribution >= 4 is 5.97 Å². The molecule has 1 unspecified atom stereocenters. The van der Waals surface area contributed by atoms with Crippen LogP contribution >= 0.6 is 0 Å². The number of likely N-dealkylation sites (N-methyl/N-ethyl adjacent to an activating group) is 1. The van der Waals surface area contributed by atoms with Crippen molar-refractivity contribution in [1.82, 2.24) is 4.90 Å². The van der Waals surface area contributed by atoms with Crippen LogP contribution < -0.4 is 0 Å². The molecule has 0 saturated heterocycles. The Bertz CT molecular complexity index is 276. The molecule has 0 saturated carbocycles. The Labute approximate surface area is 92.1 Å². The van der Waals surface area contributed by atoms with E-state index in [1.54, 1.807) is 0 Å². The lowest BCUT2D eigenvalue weighted by molar-refractivity contribution is -0.136. The largest absolute Gasteiger partial charge is 0.466 e. The van der Waals surface area contributed by atoms with Gasteiger partial charge in [-0.15, -0.1) is 0 Å². The number of nitrogens with zero attached hydrogens (tertiary/aromatic N) is 1. The molecule has 15 heavy (non-hydrogen) atoms. The fourth-order valence-corrected chi connectivity index (χ4v) is 2.05. The summed E-state index contributed by atoms with van der Waals surface area (Å²) < 4.78 is 4.76. The predicted octanol–water partition coefficient (Wildman–Crippen LogP) is 1.84. The van der Waals surface area contributed by atoms with Crippen LogP contribution in [-0.4, -0.2) is 37.6 Å². The topological polar surface area (TPSA) is 29.5 Å². The molecular formula is C12H21NO2. The van der Waals surface area contributed by atoms with E-state index in [4.69, 9.17) is 4.74 Å². The fourth-order valence-electron chi connectivity index (χ4n) is 2.05. The van der Waals surface area contributed by atoms with Crippen LogP contribution in [0.5, 0.6) is 0 Å². The monoisotopic (exact) mass is 211 g/mol. The van der Waals surface area contributed by atoms with Crippen molar-refractivity contribution in [2.24, 2.45) is 5.41 Å². The van der Waals surface area contributed by atoms with Gasteiger partial charge in [0.25, 0.3) is 0 Å². The Morgan fingerprint density at radius 2 is 2.13 bits per heavy atom. The zero-order valence-electron chi connectivity index (χ0n) is 10.3. The number of hydrogen-bond acceptors (Lipinski definition) is 3. The first-order valence-electron chi connectivity index (χ1n) is 5.35. The van der Waals surface area contributed by atoms with Crippen LogP contribution in [0, 0.1) is 5.41 Å². The van der Waals surface area contributed by atoms with Gasteiger partial charge in [0.1, 0.15) is 0 Å². The number of hydrogen-bond donors (Lipinski definition) is 0. The maximum absolute atomic E-state index is 11.4. The molecule has 3 heteroatoms. The number of rotatable bonds is 1. The smallest absolute Gasteiger partial charge is 0.333 e. The summed E-state index contributed by atoms with van der Waals surface area (Å²) in [5.74, 6) is -0.183. The van der Waals surface area contributed by atoms with Gasteiger partial charge in [0.2, 0.25) is 0 Å². The van der Waals surface area contributed by atoms with Crippen molar-refractivity contribution < 1.29 is 9.53 Å². The minimum Gasteiger partial charge on any atom is -0.466 e. The number of ether oxygens (including phenoxy) is 1. The van der Waals surface area contributed by atoms with E-state index < -0.39 is 0 Å². The number of esters is 1. The third-order valence-electron chi connectivity index (χ3n) is 2.90. The molecule has 86 valence electrons. The molecule has 0 spiro atoms. The van der Waals surface area contributed by atoms with Crippen molar-refractivity contribution in [2.75, 3.05) is 20.7 Å². The minimum absolute atomic E-state index is 0.147. The first kappa shape index (κ1) is 12.2. The second-order valence-electron chi connectivity index (χ2n) is 5.22. The highest BCUT2D eigenvalue weighted by atomic mass is 16.5. The lowest BCUT2D eigenvalue weighted by Crippen LogP contribution is -2.44. The second-order valence-corrected chi connectivity index (χ2v) is 5.22. The van der Waals surface area contributed by atoms with Gasteiger partial charge in [-0.1, -0.05) is 26.8 Å². The summed E-state index contributed by atoms with van der Waals surface area (Å²) in [6.45, 7) is 7.48. The number of methoxy groups -OCH3 is 1. The summed E-state index contributed by atoms with van der Waals surface area (Å²) in [7, 11) is 3.54. The average molecular weight is 211 g/mol. The first-order chi connectivity index (χ1) is 6.86. The molecule has 0 aliphatic carbocycles. The lowest BCUT2D eigenvalue weighted by Gasteiger charge is -2.39. The molecule has 0 fully saturated rings. The van der Waals surface area contributed by atoms with Crippen LogP contribution in [0.2, 0.25) is 0 Å². The summed E-state index contributed by atoms with van der Waals surface area (Å²) in [5, 5.41) is 0. The maximum Gasteiger partial charge on any atom is 0.333 e. The Morgan fingerprint density at radius 1 is 1.53 bits per heavy atom. The zero-order valence-corrected chi connectivity index (χ0v) is 10.3. The van der Waals surface area contributed by atoms with Gasteiger partial charge < -0.3 is 4.74 Å². The van der Waals surface area contributed by atoms with E-state index in [2.05, 4.69) is 38.8 Å². The molecule has 1 aliphatic rings. The van der Waals surface area contributed by atoms with Crippen LogP contribution in [0.1, 0.15) is 27.2 Å². The van der Waals surface area contributed by atoms with Crippen molar-refractivity contribution in [3.8, 4) is 0 Å². The van der Waals surface area contributed by atoms with Crippen molar-refractivity contribution in [1.29, 1.82) is 0 Å². The fraction of sp³-hybridized carbons (Fsp3) is 0.750. The molecule has 1 heterocycles. The molecule has 0 radical (unpaired) electrons. The Morgan fingerprint density at radius 3 is 2.60 bits per heavy atom. The number of carbonyl (C=O) groups excluding carboxylic acids is 1. The van der Waals surface area contributed by atoms with E-state index in [1.165, 1.54) is 7.11 Å². The highest BCUT2D eigenvalue weighted by Crippen LogP contribution is 2.29. The summed E-state index contributed by atoms with van der Waals surface area (Å²) in [5.41, 5.74) is 0.963. The Kier molecular flexibility index (Phi) is 3.55. The van der Waals surface area contributed by atoms with Gasteiger partial charge in [0, 0.05) is 18.2 Å². The van der Waals surface area contributed by atoms with Crippen molar-refractivity contribution in [3.05, 3.63) is 11.6 Å². The molecule has 3 nitrogen and oxygen atoms in total. The third-order valence-corrected chi connectivity index (χ3v) is 2.90. The molecule has 1 aliphatic heterocycles. The van der Waals surface area contributed by atoms with Crippen LogP contribution in [-0.2, 0) is 9.53 Å². The van der Waals surface area contributed by atoms with Gasteiger partial charge in [0.15, 0.2) is 0 Å². The number of carbonyl (C=O) groups is 1. The van der Waals surface area contributed by atoms with Crippen LogP contribution in [0.3, 0.4) is 0 Å². The zero-order chi connectivity index (χ0) is 11.6. The van der Waals surface area contributed by atoms with E-state index in [0.29, 0.717) is 6.04 Å². The molecule has 0 aromatic carbocycles. The normalized spacial score (nSPS) is 23.5. The molecule has 0 aromatic rings. The highest BCUT2D eigenvalue weighted by Gasteiger charge is 2.31. The quantitative estimate of drug-likeness (QED) is 0.620. The molecule has 0 amide bonds. The Hall–Kier alpha value is -0.830. The molecule has 0 bridgehead atoms. The second kappa shape index (κ2) is 4.35. The molecular weight excluding hydrogens is 190 g/mol. The van der Waals surface area contributed by atoms with Crippen LogP contribution in [0.4, 0.5) is 0 Å².